The van der Waals surface area contributed by atoms with Crippen LogP contribution in [0.1, 0.15) is 226 Å². The van der Waals surface area contributed by atoms with Crippen LogP contribution in [0.2, 0.25) is 0 Å². The fraction of sp³-hybridized carbons (Fsp3) is 0.740. The zero-order valence-electron chi connectivity index (χ0n) is 36.5. The lowest BCUT2D eigenvalue weighted by atomic mass is 10.0. The number of carbonyl (C=O) groups excluding carboxylic acids is 2. The molecule has 0 saturated heterocycles. The maximum Gasteiger partial charge on any atom is 0.322 e. The fourth-order valence-corrected chi connectivity index (χ4v) is 6.67. The maximum absolute atomic E-state index is 12.8. The molecule has 0 rings (SSSR count). The third-order valence-electron chi connectivity index (χ3n) is 10.2. The Hall–Kier alpha value is -2.89. The fourth-order valence-electron chi connectivity index (χ4n) is 6.67. The monoisotopic (exact) mass is 782 g/mol. The molecule has 0 aromatic rings. The van der Waals surface area contributed by atoms with Crippen molar-refractivity contribution in [3.8, 4) is 0 Å². The summed E-state index contributed by atoms with van der Waals surface area (Å²) in [4.78, 5) is 35.1. The van der Waals surface area contributed by atoms with Gasteiger partial charge in [0.1, 0.15) is 12.6 Å². The smallest absolute Gasteiger partial charge is 0.322 e. The number of carbonyl (C=O) groups is 3. The second-order valence-corrected chi connectivity index (χ2v) is 15.6. The number of carboxylic acids is 1. The van der Waals surface area contributed by atoms with E-state index in [2.05, 4.69) is 79.9 Å². The molecule has 0 fully saturated rings. The standard InChI is InChI=1S/C50H87NO5/c1-3-5-7-9-11-13-15-17-19-20-21-22-24-26-28-30-32-37-41-45-50(55)56-47(43-39-35-33-36-40-44-48(52)51-46-49(53)54)42-38-34-31-29-27-25-23-18-16-14-12-10-8-6-4-2/h11,13,16-19,21-22,25,27,47H,3-10,12,14-15,20,23-24,26,28-46H2,1-2H3,(H,51,52)(H,53,54)/b13-11-,18-16-,19-17-,22-21-,27-25-. The normalized spacial score (nSPS) is 12.6. The van der Waals surface area contributed by atoms with Crippen molar-refractivity contribution in [3.63, 3.8) is 0 Å². The van der Waals surface area contributed by atoms with Gasteiger partial charge in [0, 0.05) is 12.8 Å². The molecule has 0 radical (unpaired) electrons. The molecule has 0 aliphatic rings. The molecule has 0 aliphatic heterocycles. The summed E-state index contributed by atoms with van der Waals surface area (Å²) in [7, 11) is 0. The number of carboxylic acid groups (broad SMARTS) is 1. The van der Waals surface area contributed by atoms with Gasteiger partial charge in [-0.15, -0.1) is 0 Å². The number of unbranched alkanes of at least 4 members (excludes halogenated alkanes) is 21. The SMILES string of the molecule is CCCCC/C=C\C/C=C\C/C=C\CCCCCCCCC(=O)OC(CCCCC/C=C\C/C=C\CCCCCCC)CCCCCCCC(=O)NCC(=O)O. The molecular weight excluding hydrogens is 695 g/mol. The van der Waals surface area contributed by atoms with E-state index in [9.17, 15) is 14.4 Å². The van der Waals surface area contributed by atoms with E-state index in [0.717, 1.165) is 103 Å². The third kappa shape index (κ3) is 43.8. The number of allylic oxidation sites excluding steroid dienone is 10. The van der Waals surface area contributed by atoms with Crippen molar-refractivity contribution in [2.75, 3.05) is 6.54 Å². The zero-order valence-corrected chi connectivity index (χ0v) is 36.5. The van der Waals surface area contributed by atoms with E-state index < -0.39 is 5.97 Å². The summed E-state index contributed by atoms with van der Waals surface area (Å²) in [6, 6.07) is 0. The number of rotatable bonds is 42. The summed E-state index contributed by atoms with van der Waals surface area (Å²) in [6.45, 7) is 4.19. The highest BCUT2D eigenvalue weighted by Crippen LogP contribution is 2.18. The van der Waals surface area contributed by atoms with Crippen molar-refractivity contribution in [2.24, 2.45) is 0 Å². The number of hydrogen-bond acceptors (Lipinski definition) is 4. The topological polar surface area (TPSA) is 92.7 Å². The van der Waals surface area contributed by atoms with Gasteiger partial charge in [-0.3, -0.25) is 14.4 Å². The van der Waals surface area contributed by atoms with Crippen LogP contribution in [0.25, 0.3) is 0 Å². The van der Waals surface area contributed by atoms with Gasteiger partial charge in [-0.05, 0) is 109 Å². The van der Waals surface area contributed by atoms with Crippen LogP contribution in [-0.2, 0) is 19.1 Å². The Balaban J connectivity index is 4.24. The van der Waals surface area contributed by atoms with E-state index in [4.69, 9.17) is 9.84 Å². The average molecular weight is 782 g/mol. The first-order chi connectivity index (χ1) is 27.5. The van der Waals surface area contributed by atoms with Crippen LogP contribution in [-0.4, -0.2) is 35.6 Å². The molecule has 2 N–H and O–H groups in total. The first kappa shape index (κ1) is 53.1. The lowest BCUT2D eigenvalue weighted by molar-refractivity contribution is -0.150. The lowest BCUT2D eigenvalue weighted by Gasteiger charge is -2.18. The van der Waals surface area contributed by atoms with Gasteiger partial charge in [0.05, 0.1) is 0 Å². The highest BCUT2D eigenvalue weighted by molar-refractivity contribution is 5.80. The Kier molecular flexibility index (Phi) is 42.5. The van der Waals surface area contributed by atoms with Crippen molar-refractivity contribution in [3.05, 3.63) is 60.8 Å². The average Bonchev–Trinajstić information content (AvgIpc) is 3.18. The molecule has 0 aliphatic carbocycles. The summed E-state index contributed by atoms with van der Waals surface area (Å²) in [6.07, 6.45) is 59.1. The van der Waals surface area contributed by atoms with Crippen LogP contribution in [0.4, 0.5) is 0 Å². The Morgan fingerprint density at radius 2 is 0.821 bits per heavy atom. The van der Waals surface area contributed by atoms with E-state index in [0.29, 0.717) is 12.8 Å². The number of esters is 1. The molecule has 6 heteroatoms. The predicted octanol–water partition coefficient (Wildman–Crippen LogP) is 14.8. The van der Waals surface area contributed by atoms with Crippen molar-refractivity contribution >= 4 is 17.8 Å². The zero-order chi connectivity index (χ0) is 40.8. The molecule has 56 heavy (non-hydrogen) atoms. The minimum Gasteiger partial charge on any atom is -0.480 e. The number of amides is 1. The summed E-state index contributed by atoms with van der Waals surface area (Å²) in [5, 5.41) is 11.1. The van der Waals surface area contributed by atoms with E-state index in [1.807, 2.05) is 0 Å². The summed E-state index contributed by atoms with van der Waals surface area (Å²) >= 11 is 0. The highest BCUT2D eigenvalue weighted by Gasteiger charge is 2.14. The summed E-state index contributed by atoms with van der Waals surface area (Å²) < 4.78 is 6.03. The highest BCUT2D eigenvalue weighted by atomic mass is 16.5. The molecule has 1 unspecified atom stereocenters. The molecule has 0 bridgehead atoms. The van der Waals surface area contributed by atoms with Gasteiger partial charge in [-0.1, -0.05) is 164 Å². The quantitative estimate of drug-likeness (QED) is 0.0365. The van der Waals surface area contributed by atoms with Gasteiger partial charge in [-0.2, -0.15) is 0 Å². The Morgan fingerprint density at radius 3 is 1.30 bits per heavy atom. The predicted molar refractivity (Wildman–Crippen MR) is 240 cm³/mol. The second kappa shape index (κ2) is 44.8. The van der Waals surface area contributed by atoms with Crippen LogP contribution in [0.5, 0.6) is 0 Å². The number of aliphatic carboxylic acids is 1. The molecule has 1 atom stereocenters. The van der Waals surface area contributed by atoms with Gasteiger partial charge in [0.25, 0.3) is 0 Å². The van der Waals surface area contributed by atoms with Gasteiger partial charge >= 0.3 is 11.9 Å². The molecule has 0 saturated carbocycles. The number of nitrogens with one attached hydrogen (secondary N) is 1. The Bertz CT molecular complexity index is 1040. The lowest BCUT2D eigenvalue weighted by Crippen LogP contribution is -2.28. The van der Waals surface area contributed by atoms with Crippen molar-refractivity contribution in [1.29, 1.82) is 0 Å². The van der Waals surface area contributed by atoms with Crippen LogP contribution in [0.3, 0.4) is 0 Å². The van der Waals surface area contributed by atoms with E-state index in [1.165, 1.54) is 96.3 Å². The van der Waals surface area contributed by atoms with Gasteiger partial charge in [0.2, 0.25) is 5.91 Å². The minimum absolute atomic E-state index is 0.00680. The molecular formula is C50H87NO5. The molecule has 0 spiro atoms. The second-order valence-electron chi connectivity index (χ2n) is 15.6. The molecule has 6 nitrogen and oxygen atoms in total. The molecule has 322 valence electrons. The van der Waals surface area contributed by atoms with Crippen molar-refractivity contribution < 1.29 is 24.2 Å². The first-order valence-electron chi connectivity index (χ1n) is 23.4. The van der Waals surface area contributed by atoms with Gasteiger partial charge in [-0.25, -0.2) is 0 Å². The minimum atomic E-state index is -1.02. The first-order valence-corrected chi connectivity index (χ1v) is 23.4. The van der Waals surface area contributed by atoms with Crippen LogP contribution < -0.4 is 5.32 Å². The summed E-state index contributed by atoms with van der Waals surface area (Å²) in [5.74, 6) is -1.26. The van der Waals surface area contributed by atoms with E-state index >= 15 is 0 Å². The van der Waals surface area contributed by atoms with Crippen LogP contribution >= 0.6 is 0 Å². The molecule has 0 aromatic heterocycles. The Morgan fingerprint density at radius 1 is 0.464 bits per heavy atom. The van der Waals surface area contributed by atoms with E-state index in [1.54, 1.807) is 0 Å². The van der Waals surface area contributed by atoms with Gasteiger partial charge in [0.15, 0.2) is 0 Å². The maximum atomic E-state index is 12.8. The van der Waals surface area contributed by atoms with Crippen molar-refractivity contribution in [2.45, 2.75) is 232 Å². The molecule has 0 aromatic carbocycles. The third-order valence-corrected chi connectivity index (χ3v) is 10.2. The number of hydrogen-bond donors (Lipinski definition) is 2. The van der Waals surface area contributed by atoms with E-state index in [-0.39, 0.29) is 24.5 Å². The Labute approximate surface area is 345 Å². The van der Waals surface area contributed by atoms with Gasteiger partial charge < -0.3 is 15.2 Å². The van der Waals surface area contributed by atoms with Crippen LogP contribution in [0, 0.1) is 0 Å². The number of ether oxygens (including phenoxy) is 1. The largest absolute Gasteiger partial charge is 0.480 e. The molecule has 1 amide bonds. The van der Waals surface area contributed by atoms with Crippen molar-refractivity contribution in [1.82, 2.24) is 5.32 Å². The summed E-state index contributed by atoms with van der Waals surface area (Å²) in [5.41, 5.74) is 0. The van der Waals surface area contributed by atoms with Crippen LogP contribution in [0.15, 0.2) is 60.8 Å². The molecule has 0 heterocycles.